The molecule has 2 aromatic carbocycles. The van der Waals surface area contributed by atoms with Gasteiger partial charge in [-0.1, -0.05) is 12.1 Å². The molecule has 8 aromatic rings. The number of hydrogen-bond acceptors (Lipinski definition) is 13. The highest BCUT2D eigenvalue weighted by atomic mass is 35.5. The fourth-order valence-corrected chi connectivity index (χ4v) is 5.54. The number of carbonyl (C=O) groups is 2. The number of pyridine rings is 2. The van der Waals surface area contributed by atoms with Crippen molar-refractivity contribution in [3.8, 4) is 34.5 Å². The van der Waals surface area contributed by atoms with Crippen LogP contribution in [0.5, 0.6) is 0 Å². The molecule has 0 aliphatic carbocycles. The van der Waals surface area contributed by atoms with Gasteiger partial charge in [-0.3, -0.25) is 9.59 Å². The number of hydrogen-bond donors (Lipinski definition) is 2. The molecule has 0 bridgehead atoms. The van der Waals surface area contributed by atoms with Crippen molar-refractivity contribution < 1.29 is 62.3 Å². The van der Waals surface area contributed by atoms with Crippen molar-refractivity contribution in [3.05, 3.63) is 152 Å². The standard InChI is InChI=1S/C19H11F5N6O3.C12H9F3N6O2.C7H3ClF2O/c1-29-18(32)33-17(28-29)12-7-13(19(22,23)24)30(27-12)9-5-6-14(25-8-9)26-16(31)15-10(20)3-2-4-11(15)21;1-20-11(22)23-10(19-20)7-4-8(12(13,14)15)21(18-7)6-2-3-9(16)17-5-6;8-7(11)6-4(9)2-1-3-5(6)10/h2-8H,1H3,(H,25,26,31);2-5H,1H3,(H2,16,17);1-3H. The summed E-state index contributed by atoms with van der Waals surface area (Å²) in [5.74, 6) is -7.65. The number of amides is 1. The van der Waals surface area contributed by atoms with Crippen LogP contribution in [0.2, 0.25) is 0 Å². The number of benzene rings is 2. The molecule has 29 heteroatoms. The lowest BCUT2D eigenvalue weighted by molar-refractivity contribution is -0.143. The van der Waals surface area contributed by atoms with Crippen LogP contribution in [0.1, 0.15) is 32.1 Å². The van der Waals surface area contributed by atoms with E-state index >= 15 is 0 Å². The molecule has 6 aromatic heterocycles. The number of nitrogens with zero attached hydrogens (tertiary/aromatic N) is 10. The summed E-state index contributed by atoms with van der Waals surface area (Å²) in [7, 11) is 2.56. The van der Waals surface area contributed by atoms with Crippen molar-refractivity contribution in [1.29, 1.82) is 0 Å². The highest BCUT2D eigenvalue weighted by Gasteiger charge is 2.38. The van der Waals surface area contributed by atoms with Crippen LogP contribution in [0.3, 0.4) is 0 Å². The fourth-order valence-electron chi connectivity index (χ4n) is 5.36. The molecule has 348 valence electrons. The van der Waals surface area contributed by atoms with E-state index in [9.17, 15) is 63.1 Å². The maximum Gasteiger partial charge on any atom is 0.437 e. The number of nitrogen functional groups attached to an aromatic ring is 1. The fraction of sp³-hybridized carbons (Fsp3) is 0.105. The number of nitrogens with two attached hydrogens (primary N) is 1. The minimum Gasteiger partial charge on any atom is -0.386 e. The molecule has 1 amide bonds. The minimum absolute atomic E-state index is 0.0519. The molecule has 8 rings (SSSR count). The van der Waals surface area contributed by atoms with Crippen LogP contribution < -0.4 is 22.6 Å². The van der Waals surface area contributed by atoms with E-state index in [4.69, 9.17) is 26.2 Å². The Morgan fingerprint density at radius 2 is 1.04 bits per heavy atom. The highest BCUT2D eigenvalue weighted by Crippen LogP contribution is 2.35. The first-order chi connectivity index (χ1) is 31.4. The second kappa shape index (κ2) is 19.0. The average molecular weight is 969 g/mol. The Labute approximate surface area is 369 Å². The lowest BCUT2D eigenvalue weighted by Crippen LogP contribution is -2.17. The number of anilines is 2. The van der Waals surface area contributed by atoms with Crippen LogP contribution in [-0.2, 0) is 26.4 Å². The molecule has 0 spiro atoms. The van der Waals surface area contributed by atoms with E-state index in [1.807, 2.05) is 0 Å². The number of nitrogens with one attached hydrogen (secondary N) is 1. The first-order valence-electron chi connectivity index (χ1n) is 17.9. The van der Waals surface area contributed by atoms with Crippen molar-refractivity contribution in [3.63, 3.8) is 0 Å². The molecule has 0 aliphatic rings. The number of aromatic nitrogens is 10. The van der Waals surface area contributed by atoms with Crippen LogP contribution in [0.15, 0.2) is 104 Å². The Morgan fingerprint density at radius 3 is 1.37 bits per heavy atom. The van der Waals surface area contributed by atoms with Gasteiger partial charge in [-0.05, 0) is 60.1 Å². The number of carbonyl (C=O) groups excluding carboxylic acids is 2. The molecular formula is C38H23ClF10N12O6. The van der Waals surface area contributed by atoms with Gasteiger partial charge >= 0.3 is 23.9 Å². The predicted octanol–water partition coefficient (Wildman–Crippen LogP) is 6.74. The molecule has 3 N–H and O–H groups in total. The quantitative estimate of drug-likeness (QED) is 0.125. The second-order valence-electron chi connectivity index (χ2n) is 13.0. The molecule has 0 radical (unpaired) electrons. The number of aryl methyl sites for hydroxylation is 2. The molecule has 18 nitrogen and oxygen atoms in total. The number of halogens is 11. The smallest absolute Gasteiger partial charge is 0.386 e. The van der Waals surface area contributed by atoms with Crippen molar-refractivity contribution in [2.75, 3.05) is 11.1 Å². The zero-order chi connectivity index (χ0) is 49.1. The summed E-state index contributed by atoms with van der Waals surface area (Å²) in [5.41, 5.74) is 0.912. The monoisotopic (exact) mass is 968 g/mol. The van der Waals surface area contributed by atoms with E-state index in [0.717, 1.165) is 76.4 Å². The summed E-state index contributed by atoms with van der Waals surface area (Å²) in [6.07, 6.45) is -7.42. The lowest BCUT2D eigenvalue weighted by Gasteiger charge is -2.11. The molecule has 0 unspecified atom stereocenters. The van der Waals surface area contributed by atoms with E-state index in [0.29, 0.717) is 15.4 Å². The lowest BCUT2D eigenvalue weighted by atomic mass is 10.2. The number of rotatable bonds is 7. The van der Waals surface area contributed by atoms with Crippen LogP contribution in [0.25, 0.3) is 34.5 Å². The topological polar surface area (TPSA) is 230 Å². The molecule has 0 saturated heterocycles. The third kappa shape index (κ3) is 10.9. The van der Waals surface area contributed by atoms with Gasteiger partial charge in [0.25, 0.3) is 22.9 Å². The zero-order valence-electron chi connectivity index (χ0n) is 33.2. The summed E-state index contributed by atoms with van der Waals surface area (Å²) in [5, 5.41) is 16.0. The first kappa shape index (κ1) is 48.0. The van der Waals surface area contributed by atoms with Crippen molar-refractivity contribution >= 4 is 34.4 Å². The molecule has 0 fully saturated rings. The summed E-state index contributed by atoms with van der Waals surface area (Å²) < 4.78 is 145. The van der Waals surface area contributed by atoms with Crippen LogP contribution >= 0.6 is 11.6 Å². The van der Waals surface area contributed by atoms with Gasteiger partial charge in [0.15, 0.2) is 11.4 Å². The van der Waals surface area contributed by atoms with Crippen molar-refractivity contribution in [2.45, 2.75) is 12.4 Å². The van der Waals surface area contributed by atoms with Crippen molar-refractivity contribution in [1.82, 2.24) is 49.1 Å². The average Bonchev–Trinajstić information content (AvgIpc) is 4.04. The highest BCUT2D eigenvalue weighted by molar-refractivity contribution is 6.67. The Bertz CT molecular complexity index is 3190. The maximum atomic E-state index is 13.7. The van der Waals surface area contributed by atoms with Crippen LogP contribution in [-0.4, -0.2) is 60.2 Å². The van der Waals surface area contributed by atoms with Gasteiger partial charge in [-0.15, -0.1) is 10.2 Å². The Balaban J connectivity index is 0.000000188. The zero-order valence-corrected chi connectivity index (χ0v) is 34.0. The van der Waals surface area contributed by atoms with Gasteiger partial charge in [0, 0.05) is 26.2 Å². The molecular weight excluding hydrogens is 946 g/mol. The van der Waals surface area contributed by atoms with Gasteiger partial charge in [0.05, 0.1) is 23.8 Å². The third-order valence-corrected chi connectivity index (χ3v) is 8.60. The van der Waals surface area contributed by atoms with E-state index in [1.54, 1.807) is 0 Å². The van der Waals surface area contributed by atoms with Crippen molar-refractivity contribution in [2.24, 2.45) is 14.1 Å². The summed E-state index contributed by atoms with van der Waals surface area (Å²) in [6.45, 7) is 0. The normalized spacial score (nSPS) is 11.4. The van der Waals surface area contributed by atoms with Gasteiger partial charge in [0.2, 0.25) is 0 Å². The van der Waals surface area contributed by atoms with E-state index < -0.39 is 86.7 Å². The van der Waals surface area contributed by atoms with Crippen LogP contribution in [0.4, 0.5) is 55.5 Å². The predicted molar refractivity (Wildman–Crippen MR) is 209 cm³/mol. The van der Waals surface area contributed by atoms with Gasteiger partial charge < -0.3 is 19.9 Å². The number of alkyl halides is 6. The first-order valence-corrected chi connectivity index (χ1v) is 18.3. The molecule has 0 saturated carbocycles. The molecule has 6 heterocycles. The van der Waals surface area contributed by atoms with Gasteiger partial charge in [0.1, 0.15) is 57.4 Å². The van der Waals surface area contributed by atoms with E-state index in [-0.39, 0.29) is 40.3 Å². The second-order valence-corrected chi connectivity index (χ2v) is 13.3. The Hall–Kier alpha value is -8.43. The largest absolute Gasteiger partial charge is 0.437 e. The molecule has 67 heavy (non-hydrogen) atoms. The Kier molecular flexibility index (Phi) is 13.6. The summed E-state index contributed by atoms with van der Waals surface area (Å²) in [4.78, 5) is 52.7. The molecule has 0 atom stereocenters. The van der Waals surface area contributed by atoms with E-state index in [2.05, 4.69) is 35.7 Å². The summed E-state index contributed by atoms with van der Waals surface area (Å²) in [6, 6.07) is 12.3. The SMILES string of the molecule is Cn1nc(-c2cc(C(F)(F)F)n(-c3ccc(N)nc3)n2)oc1=O.Cn1nc(-c2cc(C(F)(F)F)n(-c3ccc(NC(=O)c4c(F)cccc4F)nc3)n2)oc1=O.O=C(Cl)c1c(F)cccc1F. The maximum absolute atomic E-state index is 13.7. The summed E-state index contributed by atoms with van der Waals surface area (Å²) >= 11 is 4.89. The van der Waals surface area contributed by atoms with E-state index in [1.165, 1.54) is 26.2 Å². The van der Waals surface area contributed by atoms with Gasteiger partial charge in [-0.2, -0.15) is 45.9 Å². The van der Waals surface area contributed by atoms with Gasteiger partial charge in [-0.25, -0.2) is 46.5 Å². The van der Waals surface area contributed by atoms with Crippen LogP contribution in [0, 0.1) is 23.3 Å². The minimum atomic E-state index is -4.84. The third-order valence-electron chi connectivity index (χ3n) is 8.41. The molecule has 0 aliphatic heterocycles. The Morgan fingerprint density at radius 1 is 0.627 bits per heavy atom.